The van der Waals surface area contributed by atoms with Crippen LogP contribution in [0.1, 0.15) is 33.3 Å². The van der Waals surface area contributed by atoms with Gasteiger partial charge in [0.1, 0.15) is 5.69 Å². The van der Waals surface area contributed by atoms with Crippen molar-refractivity contribution >= 4 is 23.2 Å². The number of carbonyl (C=O) groups is 2. The lowest BCUT2D eigenvalue weighted by Crippen LogP contribution is -2.18. The molecule has 2 aromatic carbocycles. The Morgan fingerprint density at radius 3 is 2.38 bits per heavy atom. The first-order chi connectivity index (χ1) is 13.9. The van der Waals surface area contributed by atoms with Gasteiger partial charge in [-0.3, -0.25) is 14.6 Å². The number of halogens is 3. The Morgan fingerprint density at radius 2 is 1.62 bits per heavy atom. The first-order valence-electron chi connectivity index (χ1n) is 8.71. The second-order valence-electron chi connectivity index (χ2n) is 6.07. The molecule has 29 heavy (non-hydrogen) atoms. The van der Waals surface area contributed by atoms with Gasteiger partial charge in [0.2, 0.25) is 0 Å². The molecular weight excluding hydrogens is 383 g/mol. The van der Waals surface area contributed by atoms with E-state index in [0.717, 1.165) is 18.1 Å². The molecule has 8 heteroatoms. The van der Waals surface area contributed by atoms with E-state index in [1.54, 1.807) is 12.1 Å². The molecule has 2 N–H and O–H groups in total. The van der Waals surface area contributed by atoms with Crippen LogP contribution in [-0.4, -0.2) is 16.8 Å². The van der Waals surface area contributed by atoms with Crippen LogP contribution in [0, 0.1) is 17.5 Å². The number of nitrogens with one attached hydrogen (secondary N) is 2. The van der Waals surface area contributed by atoms with Gasteiger partial charge in [0.15, 0.2) is 17.5 Å². The number of nitrogens with zero attached hydrogens (tertiary/aromatic N) is 1. The van der Waals surface area contributed by atoms with Gasteiger partial charge in [-0.2, -0.15) is 0 Å². The molecule has 5 nitrogen and oxygen atoms in total. The number of carbonyl (C=O) groups excluding carboxylic acids is 2. The minimum absolute atomic E-state index is 0.154. The summed E-state index contributed by atoms with van der Waals surface area (Å²) in [6, 6.07) is 11.5. The summed E-state index contributed by atoms with van der Waals surface area (Å²) in [6.07, 6.45) is 1.97. The lowest BCUT2D eigenvalue weighted by molar-refractivity contribution is 0.102. The SMILES string of the molecule is CCc1ccccc1NC(=O)c1ccnc(C(=O)Nc2ccc(F)c(F)c2F)c1. The third kappa shape index (κ3) is 4.43. The molecular formula is C21H16F3N3O2. The van der Waals surface area contributed by atoms with Gasteiger partial charge >= 0.3 is 0 Å². The minimum Gasteiger partial charge on any atom is -0.322 e. The molecule has 2 amide bonds. The molecule has 3 aromatic rings. The number of anilines is 2. The number of hydrogen-bond donors (Lipinski definition) is 2. The zero-order chi connectivity index (χ0) is 21.0. The van der Waals surface area contributed by atoms with E-state index in [4.69, 9.17) is 0 Å². The van der Waals surface area contributed by atoms with Crippen molar-refractivity contribution in [2.45, 2.75) is 13.3 Å². The number of rotatable bonds is 5. The van der Waals surface area contributed by atoms with Crippen molar-refractivity contribution in [3.8, 4) is 0 Å². The van der Waals surface area contributed by atoms with Gasteiger partial charge in [-0.25, -0.2) is 13.2 Å². The van der Waals surface area contributed by atoms with Crippen molar-refractivity contribution in [2.24, 2.45) is 0 Å². The predicted octanol–water partition coefficient (Wildman–Crippen LogP) is 4.57. The number of aryl methyl sites for hydroxylation is 1. The molecule has 0 saturated heterocycles. The molecule has 0 bridgehead atoms. The summed E-state index contributed by atoms with van der Waals surface area (Å²) >= 11 is 0. The maximum absolute atomic E-state index is 13.7. The third-order valence-corrected chi connectivity index (χ3v) is 4.18. The number of aromatic nitrogens is 1. The van der Waals surface area contributed by atoms with Crippen molar-refractivity contribution in [1.82, 2.24) is 4.98 Å². The molecule has 0 spiro atoms. The number of amides is 2. The van der Waals surface area contributed by atoms with E-state index in [0.29, 0.717) is 11.8 Å². The highest BCUT2D eigenvalue weighted by atomic mass is 19.2. The molecule has 0 saturated carbocycles. The molecule has 0 unspecified atom stereocenters. The Hall–Kier alpha value is -3.68. The Balaban J connectivity index is 1.79. The van der Waals surface area contributed by atoms with E-state index in [-0.39, 0.29) is 11.3 Å². The van der Waals surface area contributed by atoms with Crippen molar-refractivity contribution in [2.75, 3.05) is 10.6 Å². The molecule has 0 radical (unpaired) electrons. The zero-order valence-corrected chi connectivity index (χ0v) is 15.3. The van der Waals surface area contributed by atoms with Crippen LogP contribution in [0.2, 0.25) is 0 Å². The number of hydrogen-bond acceptors (Lipinski definition) is 3. The number of pyridine rings is 1. The Kier molecular flexibility index (Phi) is 5.92. The topological polar surface area (TPSA) is 71.1 Å². The monoisotopic (exact) mass is 399 g/mol. The van der Waals surface area contributed by atoms with Crippen LogP contribution in [0.25, 0.3) is 0 Å². The summed E-state index contributed by atoms with van der Waals surface area (Å²) < 4.78 is 40.1. The molecule has 1 heterocycles. The van der Waals surface area contributed by atoms with Crippen molar-refractivity contribution in [1.29, 1.82) is 0 Å². The molecule has 1 aromatic heterocycles. The van der Waals surface area contributed by atoms with E-state index in [9.17, 15) is 22.8 Å². The molecule has 3 rings (SSSR count). The average molecular weight is 399 g/mol. The fourth-order valence-electron chi connectivity index (χ4n) is 2.65. The third-order valence-electron chi connectivity index (χ3n) is 4.18. The smallest absolute Gasteiger partial charge is 0.274 e. The highest BCUT2D eigenvalue weighted by Gasteiger charge is 2.18. The van der Waals surface area contributed by atoms with Crippen molar-refractivity contribution < 1.29 is 22.8 Å². The van der Waals surface area contributed by atoms with Gasteiger partial charge < -0.3 is 10.6 Å². The van der Waals surface area contributed by atoms with Gasteiger partial charge in [-0.15, -0.1) is 0 Å². The van der Waals surface area contributed by atoms with E-state index in [1.165, 1.54) is 18.3 Å². The van der Waals surface area contributed by atoms with Crippen LogP contribution in [0.5, 0.6) is 0 Å². The van der Waals surface area contributed by atoms with E-state index >= 15 is 0 Å². The second-order valence-corrected chi connectivity index (χ2v) is 6.07. The highest BCUT2D eigenvalue weighted by molar-refractivity contribution is 6.08. The van der Waals surface area contributed by atoms with E-state index in [2.05, 4.69) is 15.6 Å². The zero-order valence-electron chi connectivity index (χ0n) is 15.3. The number of benzene rings is 2. The Labute approximate surface area is 164 Å². The standard InChI is InChI=1S/C21H16F3N3O2/c1-2-12-5-3-4-6-15(12)26-20(28)13-9-10-25-17(11-13)21(29)27-16-8-7-14(22)18(23)19(16)24/h3-11H,2H2,1H3,(H,26,28)(H,27,29). The lowest BCUT2D eigenvalue weighted by Gasteiger charge is -2.10. The summed E-state index contributed by atoms with van der Waals surface area (Å²) in [5, 5.41) is 4.88. The van der Waals surface area contributed by atoms with Crippen LogP contribution < -0.4 is 10.6 Å². The van der Waals surface area contributed by atoms with Crippen LogP contribution in [0.15, 0.2) is 54.7 Å². The van der Waals surface area contributed by atoms with Gasteiger partial charge in [-0.1, -0.05) is 25.1 Å². The molecule has 0 aliphatic heterocycles. The van der Waals surface area contributed by atoms with Crippen molar-refractivity contribution in [3.05, 3.63) is 89.0 Å². The van der Waals surface area contributed by atoms with Gasteiger partial charge in [0.05, 0.1) is 5.69 Å². The van der Waals surface area contributed by atoms with Gasteiger partial charge in [-0.05, 0) is 42.3 Å². The predicted molar refractivity (Wildman–Crippen MR) is 102 cm³/mol. The van der Waals surface area contributed by atoms with Crippen molar-refractivity contribution in [3.63, 3.8) is 0 Å². The van der Waals surface area contributed by atoms with Gasteiger partial charge in [0, 0.05) is 17.4 Å². The number of para-hydroxylation sites is 1. The second kappa shape index (κ2) is 8.55. The maximum Gasteiger partial charge on any atom is 0.274 e. The Morgan fingerprint density at radius 1 is 0.897 bits per heavy atom. The van der Waals surface area contributed by atoms with E-state index in [1.807, 2.05) is 19.1 Å². The van der Waals surface area contributed by atoms with Crippen LogP contribution in [-0.2, 0) is 6.42 Å². The fraction of sp³-hybridized carbons (Fsp3) is 0.0952. The first kappa shape index (κ1) is 20.1. The quantitative estimate of drug-likeness (QED) is 0.618. The summed E-state index contributed by atoms with van der Waals surface area (Å²) in [7, 11) is 0. The molecule has 0 fully saturated rings. The van der Waals surface area contributed by atoms with E-state index < -0.39 is 35.0 Å². The summed E-state index contributed by atoms with van der Waals surface area (Å²) in [5.41, 5.74) is 1.02. The molecule has 0 atom stereocenters. The summed E-state index contributed by atoms with van der Waals surface area (Å²) in [4.78, 5) is 28.7. The molecule has 148 valence electrons. The van der Waals surface area contributed by atoms with Gasteiger partial charge in [0.25, 0.3) is 11.8 Å². The highest BCUT2D eigenvalue weighted by Crippen LogP contribution is 2.21. The minimum atomic E-state index is -1.70. The van der Waals surface area contributed by atoms with Crippen LogP contribution in [0.3, 0.4) is 0 Å². The Bertz CT molecular complexity index is 1090. The molecule has 0 aliphatic carbocycles. The average Bonchev–Trinajstić information content (AvgIpc) is 2.74. The summed E-state index contributed by atoms with van der Waals surface area (Å²) in [6.45, 7) is 1.96. The summed E-state index contributed by atoms with van der Waals surface area (Å²) in [5.74, 6) is -5.92. The largest absolute Gasteiger partial charge is 0.322 e. The van der Waals surface area contributed by atoms with Crippen LogP contribution >= 0.6 is 0 Å². The normalized spacial score (nSPS) is 10.5. The fourth-order valence-corrected chi connectivity index (χ4v) is 2.65. The first-order valence-corrected chi connectivity index (χ1v) is 8.71. The van der Waals surface area contributed by atoms with Crippen LogP contribution in [0.4, 0.5) is 24.5 Å². The molecule has 0 aliphatic rings. The maximum atomic E-state index is 13.7. The lowest BCUT2D eigenvalue weighted by atomic mass is 10.1.